The molecule has 1 N–H and O–H groups in total. The quantitative estimate of drug-likeness (QED) is 0.399. The van der Waals surface area contributed by atoms with Crippen LogP contribution in [0.2, 0.25) is 0 Å². The van der Waals surface area contributed by atoms with Gasteiger partial charge in [0, 0.05) is 15.5 Å². The van der Waals surface area contributed by atoms with E-state index in [0.717, 1.165) is 9.86 Å². The number of anilines is 1. The number of nitrogens with one attached hydrogen (secondary N) is 1. The van der Waals surface area contributed by atoms with Crippen LogP contribution >= 0.6 is 15.9 Å². The van der Waals surface area contributed by atoms with E-state index in [-0.39, 0.29) is 11.5 Å². The number of amides is 1. The molecular weight excluding hydrogens is 460 g/mol. The zero-order valence-corrected chi connectivity index (χ0v) is 18.5. The third-order valence-electron chi connectivity index (χ3n) is 4.61. The fourth-order valence-corrected chi connectivity index (χ4v) is 3.43. The van der Waals surface area contributed by atoms with Crippen LogP contribution in [-0.2, 0) is 0 Å². The van der Waals surface area contributed by atoms with Gasteiger partial charge in [0.25, 0.3) is 5.91 Å². The van der Waals surface area contributed by atoms with Gasteiger partial charge in [-0.2, -0.15) is 0 Å². The van der Waals surface area contributed by atoms with Crippen LogP contribution < -0.4 is 20.3 Å². The highest BCUT2D eigenvalue weighted by Gasteiger charge is 2.14. The molecule has 0 bridgehead atoms. The Morgan fingerprint density at radius 1 is 0.968 bits per heavy atom. The lowest BCUT2D eigenvalue weighted by Gasteiger charge is -2.09. The lowest BCUT2D eigenvalue weighted by atomic mass is 10.1. The molecule has 31 heavy (non-hydrogen) atoms. The Morgan fingerprint density at radius 2 is 1.74 bits per heavy atom. The third kappa shape index (κ3) is 4.62. The second-order valence-electron chi connectivity index (χ2n) is 6.61. The average molecular weight is 479 g/mol. The van der Waals surface area contributed by atoms with Crippen molar-refractivity contribution in [3.63, 3.8) is 0 Å². The van der Waals surface area contributed by atoms with Gasteiger partial charge >= 0.3 is 0 Å². The van der Waals surface area contributed by atoms with Crippen molar-refractivity contribution < 1.29 is 18.7 Å². The Bertz CT molecular complexity index is 1310. The fourth-order valence-electron chi connectivity index (χ4n) is 3.05. The van der Waals surface area contributed by atoms with Gasteiger partial charge in [-0.15, -0.1) is 0 Å². The highest BCUT2D eigenvalue weighted by molar-refractivity contribution is 9.10. The predicted octanol–water partition coefficient (Wildman–Crippen LogP) is 5.70. The van der Waals surface area contributed by atoms with E-state index in [1.165, 1.54) is 0 Å². The first kappa shape index (κ1) is 20.7. The smallest absolute Gasteiger partial charge is 0.261 e. The summed E-state index contributed by atoms with van der Waals surface area (Å²) < 4.78 is 17.5. The third-order valence-corrected chi connectivity index (χ3v) is 5.10. The van der Waals surface area contributed by atoms with Crippen LogP contribution in [0.1, 0.15) is 10.4 Å². The normalized spacial score (nSPS) is 11.4. The van der Waals surface area contributed by atoms with Crippen LogP contribution in [0.3, 0.4) is 0 Å². The predicted molar refractivity (Wildman–Crippen MR) is 123 cm³/mol. The second-order valence-corrected chi connectivity index (χ2v) is 7.53. The molecule has 0 aliphatic heterocycles. The molecule has 0 aliphatic carbocycles. The van der Waals surface area contributed by atoms with Gasteiger partial charge in [0.2, 0.25) is 5.55 Å². The standard InChI is InChI=1S/C24H19BrN2O4/c1-29-18-10-8-17(9-11-18)26-23(28)19-14-15-13-16(25)7-12-21(15)31-24(19)27-20-5-3-4-6-22(20)30-2/h3-14H,1-2H3,(H,26,28). The first-order chi connectivity index (χ1) is 15.1. The van der Waals surface area contributed by atoms with Crippen molar-refractivity contribution in [1.29, 1.82) is 0 Å². The Hall–Kier alpha value is -3.58. The van der Waals surface area contributed by atoms with Crippen molar-refractivity contribution in [1.82, 2.24) is 0 Å². The molecule has 0 unspecified atom stereocenters. The number of hydrogen-bond acceptors (Lipinski definition) is 5. The Balaban J connectivity index is 1.84. The van der Waals surface area contributed by atoms with E-state index >= 15 is 0 Å². The molecule has 7 heteroatoms. The van der Waals surface area contributed by atoms with E-state index in [4.69, 9.17) is 13.9 Å². The van der Waals surface area contributed by atoms with Crippen molar-refractivity contribution in [3.8, 4) is 11.5 Å². The number of halogens is 1. The van der Waals surface area contributed by atoms with Crippen LogP contribution in [-0.4, -0.2) is 20.1 Å². The van der Waals surface area contributed by atoms with Crippen molar-refractivity contribution in [2.75, 3.05) is 19.5 Å². The number of rotatable bonds is 5. The van der Waals surface area contributed by atoms with Crippen molar-refractivity contribution in [2.24, 2.45) is 4.99 Å². The summed E-state index contributed by atoms with van der Waals surface area (Å²) in [7, 11) is 3.16. The SMILES string of the molecule is COc1ccc(NC(=O)c2cc3cc(Br)ccc3oc2=Nc2ccccc2OC)cc1. The summed E-state index contributed by atoms with van der Waals surface area (Å²) in [5, 5.41) is 3.66. The zero-order chi connectivity index (χ0) is 21.8. The number of ether oxygens (including phenoxy) is 2. The van der Waals surface area contributed by atoms with Gasteiger partial charge in [0.05, 0.1) is 14.2 Å². The maximum Gasteiger partial charge on any atom is 0.261 e. The monoisotopic (exact) mass is 478 g/mol. The Kier molecular flexibility index (Phi) is 6.04. The Morgan fingerprint density at radius 3 is 2.48 bits per heavy atom. The van der Waals surface area contributed by atoms with E-state index in [0.29, 0.717) is 34.0 Å². The molecule has 1 heterocycles. The molecule has 4 rings (SSSR count). The maximum atomic E-state index is 13.2. The summed E-state index contributed by atoms with van der Waals surface area (Å²) in [5.74, 6) is 0.940. The summed E-state index contributed by atoms with van der Waals surface area (Å²) in [6.45, 7) is 0. The number of nitrogens with zero attached hydrogens (tertiary/aromatic N) is 1. The maximum absolute atomic E-state index is 13.2. The number of fused-ring (bicyclic) bond motifs is 1. The van der Waals surface area contributed by atoms with Crippen molar-refractivity contribution in [3.05, 3.63) is 88.4 Å². The van der Waals surface area contributed by atoms with Gasteiger partial charge in [0.1, 0.15) is 28.3 Å². The number of carbonyl (C=O) groups is 1. The van der Waals surface area contributed by atoms with Crippen LogP contribution in [0.25, 0.3) is 11.0 Å². The molecule has 6 nitrogen and oxygen atoms in total. The van der Waals surface area contributed by atoms with E-state index in [1.807, 2.05) is 30.3 Å². The zero-order valence-electron chi connectivity index (χ0n) is 16.9. The fraction of sp³-hybridized carbons (Fsp3) is 0.0833. The summed E-state index contributed by atoms with van der Waals surface area (Å²) >= 11 is 3.46. The molecule has 156 valence electrons. The summed E-state index contributed by atoms with van der Waals surface area (Å²) in [4.78, 5) is 17.7. The number of methoxy groups -OCH3 is 2. The van der Waals surface area contributed by atoms with Gasteiger partial charge < -0.3 is 19.2 Å². The first-order valence-electron chi connectivity index (χ1n) is 9.44. The van der Waals surface area contributed by atoms with Gasteiger partial charge in [-0.1, -0.05) is 28.1 Å². The number of para-hydroxylation sites is 2. The summed E-state index contributed by atoms with van der Waals surface area (Å²) in [6.07, 6.45) is 0. The molecule has 0 saturated carbocycles. The Labute approximate surface area is 187 Å². The van der Waals surface area contributed by atoms with Crippen LogP contribution in [0.5, 0.6) is 11.5 Å². The molecular formula is C24H19BrN2O4. The number of hydrogen-bond donors (Lipinski definition) is 1. The van der Waals surface area contributed by atoms with Gasteiger partial charge in [-0.05, 0) is 60.7 Å². The van der Waals surface area contributed by atoms with Gasteiger partial charge in [0.15, 0.2) is 0 Å². The molecule has 0 saturated heterocycles. The minimum atomic E-state index is -0.343. The minimum absolute atomic E-state index is 0.185. The molecule has 3 aromatic carbocycles. The highest BCUT2D eigenvalue weighted by Crippen LogP contribution is 2.26. The lowest BCUT2D eigenvalue weighted by molar-refractivity contribution is 0.102. The van der Waals surface area contributed by atoms with Crippen molar-refractivity contribution in [2.45, 2.75) is 0 Å². The number of benzene rings is 3. The average Bonchev–Trinajstić information content (AvgIpc) is 2.79. The largest absolute Gasteiger partial charge is 0.497 e. The molecule has 0 aliphatic rings. The van der Waals surface area contributed by atoms with Crippen LogP contribution in [0.15, 0.2) is 86.7 Å². The topological polar surface area (TPSA) is 73.1 Å². The lowest BCUT2D eigenvalue weighted by Crippen LogP contribution is -2.21. The molecule has 0 spiro atoms. The molecule has 1 aromatic heterocycles. The second kappa shape index (κ2) is 9.06. The number of carbonyl (C=O) groups excluding carboxylic acids is 1. The minimum Gasteiger partial charge on any atom is -0.497 e. The highest BCUT2D eigenvalue weighted by atomic mass is 79.9. The summed E-state index contributed by atoms with van der Waals surface area (Å²) in [6, 6.07) is 21.7. The molecule has 0 atom stereocenters. The van der Waals surface area contributed by atoms with E-state index < -0.39 is 0 Å². The first-order valence-corrected chi connectivity index (χ1v) is 10.2. The van der Waals surface area contributed by atoms with Crippen LogP contribution in [0.4, 0.5) is 11.4 Å². The molecule has 0 radical (unpaired) electrons. The summed E-state index contributed by atoms with van der Waals surface area (Å²) in [5.41, 5.74) is 2.28. The van der Waals surface area contributed by atoms with E-state index in [9.17, 15) is 4.79 Å². The molecule has 4 aromatic rings. The van der Waals surface area contributed by atoms with Crippen molar-refractivity contribution >= 4 is 44.2 Å². The van der Waals surface area contributed by atoms with E-state index in [1.54, 1.807) is 56.7 Å². The molecule has 0 fully saturated rings. The molecule has 1 amide bonds. The van der Waals surface area contributed by atoms with Gasteiger partial charge in [-0.25, -0.2) is 4.99 Å². The van der Waals surface area contributed by atoms with Gasteiger partial charge in [-0.3, -0.25) is 4.79 Å². The van der Waals surface area contributed by atoms with Crippen LogP contribution in [0, 0.1) is 0 Å². The van der Waals surface area contributed by atoms with E-state index in [2.05, 4.69) is 26.2 Å².